The first-order chi connectivity index (χ1) is 26.9. The first kappa shape index (κ1) is 43.1. The molecule has 57 heavy (non-hydrogen) atoms. The molecule has 5 aliphatic carbocycles. The molecule has 0 N–H and O–H groups in total. The van der Waals surface area contributed by atoms with Gasteiger partial charge in [-0.2, -0.15) is 0 Å². The maximum atomic E-state index is 13.7. The lowest BCUT2D eigenvalue weighted by atomic mass is 9.33. The third-order valence-corrected chi connectivity index (χ3v) is 16.7. The highest BCUT2D eigenvalue weighted by atomic mass is 16.6. The van der Waals surface area contributed by atoms with E-state index < -0.39 is 5.41 Å². The Bertz CT molecular complexity index is 1740. The van der Waals surface area contributed by atoms with Crippen LogP contribution in [0.15, 0.2) is 29.9 Å². The Morgan fingerprint density at radius 3 is 2.14 bits per heavy atom. The largest absolute Gasteiger partial charge is 0.493 e. The molecule has 9 nitrogen and oxygen atoms in total. The summed E-state index contributed by atoms with van der Waals surface area (Å²) in [5.74, 6) is 2.12. The van der Waals surface area contributed by atoms with Crippen molar-refractivity contribution in [3.05, 3.63) is 35.4 Å². The van der Waals surface area contributed by atoms with Crippen molar-refractivity contribution in [1.29, 1.82) is 0 Å². The van der Waals surface area contributed by atoms with E-state index in [4.69, 9.17) is 28.4 Å². The highest BCUT2D eigenvalue weighted by molar-refractivity contribution is 5.87. The van der Waals surface area contributed by atoms with Crippen LogP contribution in [0.3, 0.4) is 0 Å². The number of rotatable bonds is 12. The van der Waals surface area contributed by atoms with Crippen molar-refractivity contribution in [1.82, 2.24) is 0 Å². The quantitative estimate of drug-likeness (QED) is 0.0672. The highest BCUT2D eigenvalue weighted by Gasteiger charge is 2.68. The summed E-state index contributed by atoms with van der Waals surface area (Å²) in [5, 5.41) is 0. The zero-order chi connectivity index (χ0) is 41.6. The van der Waals surface area contributed by atoms with Crippen LogP contribution in [-0.2, 0) is 28.6 Å². The monoisotopic (exact) mass is 791 g/mol. The van der Waals surface area contributed by atoms with Gasteiger partial charge in [0.05, 0.1) is 40.0 Å². The average molecular weight is 791 g/mol. The number of allylic oxidation sites excluding steroid dienone is 2. The molecule has 5 aliphatic rings. The van der Waals surface area contributed by atoms with Gasteiger partial charge in [-0.25, -0.2) is 4.79 Å². The van der Waals surface area contributed by atoms with Crippen LogP contribution in [0.5, 0.6) is 17.2 Å². The number of ether oxygens (including phenoxy) is 6. The molecule has 9 heteroatoms. The highest BCUT2D eigenvalue weighted by Crippen LogP contribution is 2.76. The number of carbonyl (C=O) groups is 3. The van der Waals surface area contributed by atoms with E-state index in [0.717, 1.165) is 56.9 Å². The lowest BCUT2D eigenvalue weighted by molar-refractivity contribution is -0.211. The molecule has 1 aromatic carbocycles. The predicted molar refractivity (Wildman–Crippen MR) is 221 cm³/mol. The van der Waals surface area contributed by atoms with Gasteiger partial charge in [-0.1, -0.05) is 53.2 Å². The van der Waals surface area contributed by atoms with Gasteiger partial charge in [-0.05, 0) is 148 Å². The molecule has 0 aliphatic heterocycles. The van der Waals surface area contributed by atoms with Crippen LogP contribution in [0.25, 0.3) is 6.08 Å². The van der Waals surface area contributed by atoms with Gasteiger partial charge in [0, 0.05) is 17.9 Å². The molecule has 316 valence electrons. The van der Waals surface area contributed by atoms with Gasteiger partial charge in [-0.3, -0.25) is 9.59 Å². The number of esters is 3. The van der Waals surface area contributed by atoms with E-state index in [1.165, 1.54) is 18.9 Å². The molecule has 0 spiro atoms. The maximum Gasteiger partial charge on any atom is 0.331 e. The van der Waals surface area contributed by atoms with Gasteiger partial charge in [0.25, 0.3) is 0 Å². The minimum absolute atomic E-state index is 0.0426. The number of fused-ring (bicyclic) bond motifs is 7. The Balaban J connectivity index is 1.17. The molecular formula is C48H70O9. The topological polar surface area (TPSA) is 107 Å². The van der Waals surface area contributed by atoms with Crippen LogP contribution in [0, 0.1) is 50.2 Å². The molecule has 1 aromatic rings. The van der Waals surface area contributed by atoms with Crippen LogP contribution in [0.4, 0.5) is 0 Å². The molecule has 6 rings (SSSR count). The minimum atomic E-state index is -0.544. The molecule has 4 fully saturated rings. The first-order valence-corrected chi connectivity index (χ1v) is 21.6. The number of carbonyl (C=O) groups excluding carboxylic acids is 3. The minimum Gasteiger partial charge on any atom is -0.493 e. The van der Waals surface area contributed by atoms with Gasteiger partial charge < -0.3 is 28.4 Å². The van der Waals surface area contributed by atoms with Crippen molar-refractivity contribution in [2.45, 2.75) is 139 Å². The summed E-state index contributed by atoms with van der Waals surface area (Å²) in [6, 6.07) is 3.63. The summed E-state index contributed by atoms with van der Waals surface area (Å²) in [6.07, 6.45) is 16.6. The van der Waals surface area contributed by atoms with Crippen molar-refractivity contribution in [2.75, 3.05) is 34.5 Å². The molecule has 0 amide bonds. The summed E-state index contributed by atoms with van der Waals surface area (Å²) in [7, 11) is 4.72. The van der Waals surface area contributed by atoms with Crippen LogP contribution in [-0.4, -0.2) is 58.6 Å². The predicted octanol–water partition coefficient (Wildman–Crippen LogP) is 10.3. The smallest absolute Gasteiger partial charge is 0.331 e. The maximum absolute atomic E-state index is 13.7. The van der Waals surface area contributed by atoms with Crippen molar-refractivity contribution < 1.29 is 42.8 Å². The van der Waals surface area contributed by atoms with E-state index in [-0.39, 0.29) is 64.1 Å². The lowest BCUT2D eigenvalue weighted by Gasteiger charge is -2.71. The molecule has 0 radical (unpaired) electrons. The molecule has 0 saturated heterocycles. The van der Waals surface area contributed by atoms with Crippen LogP contribution >= 0.6 is 0 Å². The number of hydrogen-bond donors (Lipinski definition) is 0. The van der Waals surface area contributed by atoms with E-state index >= 15 is 0 Å². The molecule has 4 saturated carbocycles. The van der Waals surface area contributed by atoms with Crippen LogP contribution in [0.1, 0.15) is 138 Å². The molecule has 0 unspecified atom stereocenters. The summed E-state index contributed by atoms with van der Waals surface area (Å²) < 4.78 is 33.7. The van der Waals surface area contributed by atoms with Gasteiger partial charge in [0.15, 0.2) is 11.5 Å². The molecule has 0 heterocycles. The Hall–Kier alpha value is -3.49. The Kier molecular flexibility index (Phi) is 12.0. The van der Waals surface area contributed by atoms with E-state index in [0.29, 0.717) is 48.0 Å². The fourth-order valence-corrected chi connectivity index (χ4v) is 13.1. The molecule has 0 aromatic heterocycles. The van der Waals surface area contributed by atoms with Gasteiger partial charge >= 0.3 is 17.9 Å². The zero-order valence-corrected chi connectivity index (χ0v) is 36.8. The number of methoxy groups -OCH3 is 3. The lowest BCUT2D eigenvalue weighted by Crippen LogP contribution is -2.64. The zero-order valence-electron chi connectivity index (χ0n) is 36.8. The fraction of sp³-hybridized carbons (Fsp3) is 0.729. The second-order valence-corrected chi connectivity index (χ2v) is 19.9. The van der Waals surface area contributed by atoms with Crippen molar-refractivity contribution in [3.63, 3.8) is 0 Å². The number of benzene rings is 1. The van der Waals surface area contributed by atoms with Crippen LogP contribution < -0.4 is 14.2 Å². The summed E-state index contributed by atoms with van der Waals surface area (Å²) >= 11 is 0. The van der Waals surface area contributed by atoms with Gasteiger partial charge in [-0.15, -0.1) is 0 Å². The van der Waals surface area contributed by atoms with Crippen molar-refractivity contribution >= 4 is 24.0 Å². The van der Waals surface area contributed by atoms with E-state index in [9.17, 15) is 14.4 Å². The molecule has 9 atom stereocenters. The summed E-state index contributed by atoms with van der Waals surface area (Å²) in [5.41, 5.74) is 2.05. The van der Waals surface area contributed by atoms with Crippen molar-refractivity contribution in [3.8, 4) is 17.2 Å². The third kappa shape index (κ3) is 7.40. The first-order valence-electron chi connectivity index (χ1n) is 21.6. The second kappa shape index (κ2) is 15.9. The fourth-order valence-electron chi connectivity index (χ4n) is 13.1. The van der Waals surface area contributed by atoms with Gasteiger partial charge in [0.1, 0.15) is 6.10 Å². The Labute approximate surface area is 342 Å². The summed E-state index contributed by atoms with van der Waals surface area (Å²) in [4.78, 5) is 39.0. The van der Waals surface area contributed by atoms with Gasteiger partial charge in [0.2, 0.25) is 5.75 Å². The Morgan fingerprint density at radius 2 is 1.49 bits per heavy atom. The normalized spacial score (nSPS) is 36.6. The van der Waals surface area contributed by atoms with E-state index in [2.05, 4.69) is 54.5 Å². The van der Waals surface area contributed by atoms with E-state index in [1.54, 1.807) is 39.9 Å². The third-order valence-electron chi connectivity index (χ3n) is 16.7. The summed E-state index contributed by atoms with van der Waals surface area (Å²) in [6.45, 7) is 19.4. The molecular weight excluding hydrogens is 721 g/mol. The average Bonchev–Trinajstić information content (AvgIpc) is 3.17. The number of hydrogen-bond acceptors (Lipinski definition) is 9. The SMILES string of the molecule is CCOC(=O)CCCOC(=O)[C@@]1(C)CC[C@]2(C)CC[C@]3(C)C(=CC[C@@H]4[C@@]5(C)CC[C@H](OC(=O)/C=C/c6cc(OC)c(OC)c(OC)c6)C(C)(C)[C@@H]5CC[C@]43C)[C@@H]2C1. The molecule has 0 bridgehead atoms. The Morgan fingerprint density at radius 1 is 0.807 bits per heavy atom. The van der Waals surface area contributed by atoms with E-state index in [1.807, 2.05) is 12.1 Å². The van der Waals surface area contributed by atoms with Crippen molar-refractivity contribution in [2.24, 2.45) is 50.2 Å². The standard InChI is InChI=1S/C48H70O9/c1-12-55-39(49)14-13-27-56-42(51)45(5)24-23-44(4)25-26-47(7)32(33(44)30-45)16-17-37-46(6)21-20-38(43(2,3)36(46)19-22-48(37,47)8)57-40(50)18-15-31-28-34(52-9)41(54-11)35(29-31)53-10/h15-16,18,28-29,33,36-38H,12-14,17,19-27,30H2,1-11H3/b18-15+/t33-,36-,37+,38-,44+,45-,46-,47+,48+/m0/s1. The van der Waals surface area contributed by atoms with Crippen LogP contribution in [0.2, 0.25) is 0 Å². The second-order valence-electron chi connectivity index (χ2n) is 19.9.